The SMILES string of the molecule is CN1CCN(C(=O)Oc2ccccc2)CC1. The number of rotatable bonds is 1. The zero-order chi connectivity index (χ0) is 11.4. The van der Waals surface area contributed by atoms with Gasteiger partial charge in [0.25, 0.3) is 0 Å². The average Bonchev–Trinajstić information content (AvgIpc) is 2.31. The number of ether oxygens (including phenoxy) is 1. The van der Waals surface area contributed by atoms with Crippen molar-refractivity contribution in [1.82, 2.24) is 9.80 Å². The summed E-state index contributed by atoms with van der Waals surface area (Å²) in [6, 6.07) is 9.17. The van der Waals surface area contributed by atoms with Gasteiger partial charge in [-0.3, -0.25) is 0 Å². The number of piperazine rings is 1. The molecule has 4 nitrogen and oxygen atoms in total. The van der Waals surface area contributed by atoms with Crippen LogP contribution in [0.15, 0.2) is 30.3 Å². The molecule has 1 amide bonds. The van der Waals surface area contributed by atoms with Gasteiger partial charge in [0.2, 0.25) is 0 Å². The third-order valence-corrected chi connectivity index (χ3v) is 2.71. The van der Waals surface area contributed by atoms with Crippen molar-refractivity contribution in [1.29, 1.82) is 0 Å². The summed E-state index contributed by atoms with van der Waals surface area (Å²) in [6.07, 6.45) is -0.251. The second-order valence-electron chi connectivity index (χ2n) is 3.97. The van der Waals surface area contributed by atoms with Crippen LogP contribution in [0.2, 0.25) is 0 Å². The Morgan fingerprint density at radius 1 is 1.12 bits per heavy atom. The Balaban J connectivity index is 1.89. The number of likely N-dealkylation sites (N-methyl/N-ethyl adjacent to an activating group) is 1. The predicted octanol–water partition coefficient (Wildman–Crippen LogP) is 1.43. The smallest absolute Gasteiger partial charge is 0.410 e. The van der Waals surface area contributed by atoms with Crippen LogP contribution < -0.4 is 4.74 Å². The third-order valence-electron chi connectivity index (χ3n) is 2.71. The number of carbonyl (C=O) groups is 1. The first kappa shape index (κ1) is 11.0. The van der Waals surface area contributed by atoms with Crippen molar-refractivity contribution in [2.24, 2.45) is 0 Å². The van der Waals surface area contributed by atoms with Crippen LogP contribution in [0.4, 0.5) is 4.79 Å². The van der Waals surface area contributed by atoms with Crippen LogP contribution in [0.5, 0.6) is 5.75 Å². The molecule has 16 heavy (non-hydrogen) atoms. The molecule has 0 bridgehead atoms. The number of para-hydroxylation sites is 1. The summed E-state index contributed by atoms with van der Waals surface area (Å²) in [5.41, 5.74) is 0. The van der Waals surface area contributed by atoms with E-state index < -0.39 is 0 Å². The largest absolute Gasteiger partial charge is 0.415 e. The van der Waals surface area contributed by atoms with Crippen LogP contribution in [0.25, 0.3) is 0 Å². The highest BCUT2D eigenvalue weighted by molar-refractivity contribution is 5.70. The lowest BCUT2D eigenvalue weighted by molar-refractivity contribution is 0.120. The maximum absolute atomic E-state index is 11.8. The van der Waals surface area contributed by atoms with Crippen molar-refractivity contribution in [2.45, 2.75) is 0 Å². The topological polar surface area (TPSA) is 32.8 Å². The van der Waals surface area contributed by atoms with Gasteiger partial charge in [-0.05, 0) is 19.2 Å². The van der Waals surface area contributed by atoms with E-state index in [2.05, 4.69) is 11.9 Å². The molecule has 0 radical (unpaired) electrons. The predicted molar refractivity (Wildman–Crippen MR) is 61.5 cm³/mol. The zero-order valence-electron chi connectivity index (χ0n) is 9.43. The Kier molecular flexibility index (Phi) is 3.41. The van der Waals surface area contributed by atoms with Gasteiger partial charge in [-0.2, -0.15) is 0 Å². The minimum atomic E-state index is -0.251. The number of benzene rings is 1. The lowest BCUT2D eigenvalue weighted by atomic mass is 10.3. The molecule has 0 spiro atoms. The third kappa shape index (κ3) is 2.73. The van der Waals surface area contributed by atoms with Crippen molar-refractivity contribution in [2.75, 3.05) is 33.2 Å². The van der Waals surface area contributed by atoms with E-state index in [4.69, 9.17) is 4.74 Å². The minimum Gasteiger partial charge on any atom is -0.410 e. The molecule has 4 heteroatoms. The molecule has 0 unspecified atom stereocenters. The number of carbonyl (C=O) groups excluding carboxylic acids is 1. The van der Waals surface area contributed by atoms with Gasteiger partial charge in [0, 0.05) is 26.2 Å². The van der Waals surface area contributed by atoms with Crippen molar-refractivity contribution >= 4 is 6.09 Å². The summed E-state index contributed by atoms with van der Waals surface area (Å²) in [5.74, 6) is 0.603. The fourth-order valence-electron chi connectivity index (χ4n) is 1.64. The molecule has 0 atom stereocenters. The van der Waals surface area contributed by atoms with Crippen LogP contribution in [0.1, 0.15) is 0 Å². The molecule has 1 aromatic rings. The minimum absolute atomic E-state index is 0.251. The van der Waals surface area contributed by atoms with Gasteiger partial charge in [-0.1, -0.05) is 18.2 Å². The Morgan fingerprint density at radius 2 is 1.75 bits per heavy atom. The average molecular weight is 220 g/mol. The first-order valence-corrected chi connectivity index (χ1v) is 5.46. The fourth-order valence-corrected chi connectivity index (χ4v) is 1.64. The molecule has 1 aromatic carbocycles. The van der Waals surface area contributed by atoms with Crippen LogP contribution in [0, 0.1) is 0 Å². The second-order valence-corrected chi connectivity index (χ2v) is 3.97. The van der Waals surface area contributed by atoms with Gasteiger partial charge >= 0.3 is 6.09 Å². The van der Waals surface area contributed by atoms with Gasteiger partial charge in [0.1, 0.15) is 5.75 Å². The number of hydrogen-bond donors (Lipinski definition) is 0. The second kappa shape index (κ2) is 4.99. The van der Waals surface area contributed by atoms with Gasteiger partial charge in [0.05, 0.1) is 0 Å². The lowest BCUT2D eigenvalue weighted by Crippen LogP contribution is -2.48. The molecule has 1 aliphatic rings. The molecule has 0 N–H and O–H groups in total. The zero-order valence-corrected chi connectivity index (χ0v) is 9.43. The van der Waals surface area contributed by atoms with Gasteiger partial charge in [-0.15, -0.1) is 0 Å². The van der Waals surface area contributed by atoms with Gasteiger partial charge in [-0.25, -0.2) is 4.79 Å². The summed E-state index contributed by atoms with van der Waals surface area (Å²) in [7, 11) is 2.06. The van der Waals surface area contributed by atoms with Crippen LogP contribution in [-0.2, 0) is 0 Å². The molecule has 86 valence electrons. The van der Waals surface area contributed by atoms with Crippen LogP contribution in [-0.4, -0.2) is 49.1 Å². The Hall–Kier alpha value is -1.55. The van der Waals surface area contributed by atoms with Crippen LogP contribution in [0.3, 0.4) is 0 Å². The van der Waals surface area contributed by atoms with Gasteiger partial charge < -0.3 is 14.5 Å². The van der Waals surface area contributed by atoms with E-state index in [1.165, 1.54) is 0 Å². The van der Waals surface area contributed by atoms with E-state index in [1.807, 2.05) is 18.2 Å². The molecule has 1 aliphatic heterocycles. The standard InChI is InChI=1S/C12H16N2O2/c1-13-7-9-14(10-8-13)12(15)16-11-5-3-2-4-6-11/h2-6H,7-10H2,1H3. The van der Waals surface area contributed by atoms with Crippen molar-refractivity contribution in [3.8, 4) is 5.75 Å². The molecule has 1 saturated heterocycles. The molecular formula is C12H16N2O2. The number of nitrogens with zero attached hydrogens (tertiary/aromatic N) is 2. The summed E-state index contributed by atoms with van der Waals surface area (Å²) in [6.45, 7) is 3.29. The van der Waals surface area contributed by atoms with E-state index in [-0.39, 0.29) is 6.09 Å². The normalized spacial score (nSPS) is 17.2. The van der Waals surface area contributed by atoms with Gasteiger partial charge in [0.15, 0.2) is 0 Å². The number of hydrogen-bond acceptors (Lipinski definition) is 3. The highest BCUT2D eigenvalue weighted by Gasteiger charge is 2.20. The van der Waals surface area contributed by atoms with Crippen LogP contribution >= 0.6 is 0 Å². The van der Waals surface area contributed by atoms with E-state index in [9.17, 15) is 4.79 Å². The highest BCUT2D eigenvalue weighted by Crippen LogP contribution is 2.11. The van der Waals surface area contributed by atoms with E-state index in [1.54, 1.807) is 17.0 Å². The maximum Gasteiger partial charge on any atom is 0.415 e. The Bertz CT molecular complexity index is 345. The molecule has 0 aliphatic carbocycles. The highest BCUT2D eigenvalue weighted by atomic mass is 16.6. The van der Waals surface area contributed by atoms with E-state index in [0.29, 0.717) is 5.75 Å². The Labute approximate surface area is 95.4 Å². The fraction of sp³-hybridized carbons (Fsp3) is 0.417. The van der Waals surface area contributed by atoms with Crippen molar-refractivity contribution in [3.05, 3.63) is 30.3 Å². The number of amides is 1. The van der Waals surface area contributed by atoms with E-state index >= 15 is 0 Å². The summed E-state index contributed by atoms with van der Waals surface area (Å²) >= 11 is 0. The summed E-state index contributed by atoms with van der Waals surface area (Å²) in [4.78, 5) is 15.7. The lowest BCUT2D eigenvalue weighted by Gasteiger charge is -2.31. The quantitative estimate of drug-likeness (QED) is 0.717. The van der Waals surface area contributed by atoms with E-state index in [0.717, 1.165) is 26.2 Å². The summed E-state index contributed by atoms with van der Waals surface area (Å²) in [5, 5.41) is 0. The maximum atomic E-state index is 11.8. The molecule has 0 aromatic heterocycles. The molecule has 1 fully saturated rings. The molecule has 1 heterocycles. The molecule has 0 saturated carbocycles. The summed E-state index contributed by atoms with van der Waals surface area (Å²) < 4.78 is 5.26. The first-order chi connectivity index (χ1) is 7.75. The monoisotopic (exact) mass is 220 g/mol. The molecule has 2 rings (SSSR count). The van der Waals surface area contributed by atoms with Crippen molar-refractivity contribution < 1.29 is 9.53 Å². The Morgan fingerprint density at radius 3 is 2.38 bits per heavy atom. The first-order valence-electron chi connectivity index (χ1n) is 5.46. The van der Waals surface area contributed by atoms with Crippen molar-refractivity contribution in [3.63, 3.8) is 0 Å². The molecular weight excluding hydrogens is 204 g/mol.